The molecule has 0 saturated carbocycles. The van der Waals surface area contributed by atoms with E-state index in [0.29, 0.717) is 18.6 Å². The van der Waals surface area contributed by atoms with E-state index >= 15 is 0 Å². The fourth-order valence-electron chi connectivity index (χ4n) is 3.13. The highest BCUT2D eigenvalue weighted by molar-refractivity contribution is 5.41. The van der Waals surface area contributed by atoms with Crippen LogP contribution in [-0.2, 0) is 4.74 Å². The molecule has 2 aliphatic rings. The number of hydrogen-bond donors (Lipinski definition) is 0. The van der Waals surface area contributed by atoms with Gasteiger partial charge in [-0.1, -0.05) is 19.8 Å². The van der Waals surface area contributed by atoms with Crippen molar-refractivity contribution in [3.63, 3.8) is 0 Å². The molecule has 0 amide bonds. The van der Waals surface area contributed by atoms with Crippen molar-refractivity contribution >= 4 is 11.9 Å². The van der Waals surface area contributed by atoms with Crippen molar-refractivity contribution in [2.45, 2.75) is 45.1 Å². The zero-order valence-corrected chi connectivity index (χ0v) is 14.2. The highest BCUT2D eigenvalue weighted by atomic mass is 16.5. The predicted octanol–water partition coefficient (Wildman–Crippen LogP) is 1.88. The topological polar surface area (TPSA) is 63.6 Å². The monoisotopic (exact) mass is 321 g/mol. The summed E-state index contributed by atoms with van der Waals surface area (Å²) < 4.78 is 11.1. The molecule has 23 heavy (non-hydrogen) atoms. The number of anilines is 2. The molecule has 0 radical (unpaired) electrons. The summed E-state index contributed by atoms with van der Waals surface area (Å²) in [4.78, 5) is 18.1. The third-order valence-electron chi connectivity index (χ3n) is 4.54. The highest BCUT2D eigenvalue weighted by Crippen LogP contribution is 2.22. The molecule has 0 aliphatic carbocycles. The molecule has 0 N–H and O–H groups in total. The first-order valence-corrected chi connectivity index (χ1v) is 8.71. The Balaban J connectivity index is 1.83. The average molecular weight is 321 g/mol. The molecule has 3 heterocycles. The Hall–Kier alpha value is -1.63. The van der Waals surface area contributed by atoms with Gasteiger partial charge in [0.15, 0.2) is 0 Å². The molecule has 1 aromatic rings. The maximum atomic E-state index is 5.74. The summed E-state index contributed by atoms with van der Waals surface area (Å²) in [6.07, 6.45) is 6.20. The molecule has 7 nitrogen and oxygen atoms in total. The van der Waals surface area contributed by atoms with E-state index in [9.17, 15) is 0 Å². The van der Waals surface area contributed by atoms with Crippen molar-refractivity contribution in [1.29, 1.82) is 0 Å². The van der Waals surface area contributed by atoms with Crippen LogP contribution in [0.15, 0.2) is 0 Å². The van der Waals surface area contributed by atoms with Crippen molar-refractivity contribution in [3.05, 3.63) is 0 Å². The third-order valence-corrected chi connectivity index (χ3v) is 4.54. The van der Waals surface area contributed by atoms with Crippen molar-refractivity contribution in [3.8, 4) is 6.01 Å². The van der Waals surface area contributed by atoms with E-state index in [1.807, 2.05) is 0 Å². The minimum Gasteiger partial charge on any atom is -0.467 e. The molecule has 7 heteroatoms. The van der Waals surface area contributed by atoms with Gasteiger partial charge in [0.05, 0.1) is 19.8 Å². The summed E-state index contributed by atoms with van der Waals surface area (Å²) in [5, 5.41) is 0. The fraction of sp³-hybridized carbons (Fsp3) is 0.812. The average Bonchev–Trinajstić information content (AvgIpc) is 2.90. The van der Waals surface area contributed by atoms with Crippen LogP contribution in [0.4, 0.5) is 11.9 Å². The molecule has 0 unspecified atom stereocenters. The van der Waals surface area contributed by atoms with Crippen LogP contribution in [0.1, 0.15) is 39.0 Å². The van der Waals surface area contributed by atoms with Gasteiger partial charge >= 0.3 is 6.01 Å². The Morgan fingerprint density at radius 2 is 1.70 bits per heavy atom. The first-order valence-electron chi connectivity index (χ1n) is 8.71. The molecule has 2 aliphatic heterocycles. The second-order valence-electron chi connectivity index (χ2n) is 6.17. The molecule has 1 aromatic heterocycles. The van der Waals surface area contributed by atoms with E-state index in [1.54, 1.807) is 7.11 Å². The van der Waals surface area contributed by atoms with E-state index in [2.05, 4.69) is 26.7 Å². The van der Waals surface area contributed by atoms with Gasteiger partial charge in [-0.25, -0.2) is 0 Å². The van der Waals surface area contributed by atoms with Gasteiger partial charge in [-0.05, 0) is 19.3 Å². The van der Waals surface area contributed by atoms with Gasteiger partial charge in [0.25, 0.3) is 0 Å². The van der Waals surface area contributed by atoms with Crippen LogP contribution in [0.2, 0.25) is 0 Å². The lowest BCUT2D eigenvalue weighted by atomic mass is 10.2. The van der Waals surface area contributed by atoms with Crippen molar-refractivity contribution in [2.75, 3.05) is 49.7 Å². The smallest absolute Gasteiger partial charge is 0.322 e. The maximum absolute atomic E-state index is 5.74. The van der Waals surface area contributed by atoms with E-state index in [4.69, 9.17) is 14.5 Å². The van der Waals surface area contributed by atoms with Crippen molar-refractivity contribution in [1.82, 2.24) is 15.0 Å². The summed E-state index contributed by atoms with van der Waals surface area (Å²) in [6, 6.07) is 0.397. The van der Waals surface area contributed by atoms with E-state index in [-0.39, 0.29) is 6.10 Å². The second kappa shape index (κ2) is 7.77. The first-order chi connectivity index (χ1) is 11.3. The quantitative estimate of drug-likeness (QED) is 0.839. The lowest BCUT2D eigenvalue weighted by molar-refractivity contribution is 0.0378. The predicted molar refractivity (Wildman–Crippen MR) is 89.3 cm³/mol. The van der Waals surface area contributed by atoms with Crippen LogP contribution < -0.4 is 14.5 Å². The molecule has 0 bridgehead atoms. The minimum absolute atomic E-state index is 0.244. The Kier molecular flexibility index (Phi) is 5.48. The van der Waals surface area contributed by atoms with E-state index in [1.165, 1.54) is 25.7 Å². The van der Waals surface area contributed by atoms with Gasteiger partial charge in [-0.2, -0.15) is 15.0 Å². The first kappa shape index (κ1) is 16.2. The van der Waals surface area contributed by atoms with Gasteiger partial charge in [-0.3, -0.25) is 0 Å². The molecular weight excluding hydrogens is 294 g/mol. The van der Waals surface area contributed by atoms with Gasteiger partial charge in [0.2, 0.25) is 11.9 Å². The largest absolute Gasteiger partial charge is 0.467 e. The number of hydrogen-bond acceptors (Lipinski definition) is 7. The Bertz CT molecular complexity index is 505. The lowest BCUT2D eigenvalue weighted by Crippen LogP contribution is -2.43. The lowest BCUT2D eigenvalue weighted by Gasteiger charge is -2.33. The van der Waals surface area contributed by atoms with Crippen LogP contribution in [0.3, 0.4) is 0 Å². The van der Waals surface area contributed by atoms with Crippen LogP contribution in [-0.4, -0.2) is 61.0 Å². The second-order valence-corrected chi connectivity index (χ2v) is 6.17. The van der Waals surface area contributed by atoms with E-state index in [0.717, 1.165) is 38.5 Å². The van der Waals surface area contributed by atoms with Crippen LogP contribution in [0.25, 0.3) is 0 Å². The van der Waals surface area contributed by atoms with Crippen molar-refractivity contribution in [2.24, 2.45) is 0 Å². The molecule has 2 fully saturated rings. The highest BCUT2D eigenvalue weighted by Gasteiger charge is 2.24. The molecule has 0 aromatic carbocycles. The molecule has 1 atom stereocenters. The van der Waals surface area contributed by atoms with Gasteiger partial charge in [0.1, 0.15) is 0 Å². The Morgan fingerprint density at radius 1 is 1.00 bits per heavy atom. The van der Waals surface area contributed by atoms with Gasteiger partial charge in [0, 0.05) is 26.2 Å². The van der Waals surface area contributed by atoms with Gasteiger partial charge < -0.3 is 19.3 Å². The fourth-order valence-corrected chi connectivity index (χ4v) is 3.13. The Morgan fingerprint density at radius 3 is 2.35 bits per heavy atom. The number of morpholine rings is 1. The van der Waals surface area contributed by atoms with Gasteiger partial charge in [-0.15, -0.1) is 0 Å². The normalized spacial score (nSPS) is 22.8. The summed E-state index contributed by atoms with van der Waals surface area (Å²) in [6.45, 7) is 6.50. The summed E-state index contributed by atoms with van der Waals surface area (Å²) in [5.74, 6) is 1.45. The molecule has 0 spiro atoms. The number of rotatable bonds is 4. The third kappa shape index (κ3) is 4.02. The number of ether oxygens (including phenoxy) is 2. The zero-order valence-electron chi connectivity index (χ0n) is 14.2. The summed E-state index contributed by atoms with van der Waals surface area (Å²) >= 11 is 0. The molecular formula is C16H27N5O2. The van der Waals surface area contributed by atoms with Crippen LogP contribution in [0.5, 0.6) is 6.01 Å². The van der Waals surface area contributed by atoms with Crippen LogP contribution in [0, 0.1) is 0 Å². The van der Waals surface area contributed by atoms with Crippen molar-refractivity contribution < 1.29 is 9.47 Å². The number of methoxy groups -OCH3 is 1. The standard InChI is InChI=1S/C16H27N5O2/c1-3-13-12-21(10-11-23-13)15-17-14(18-16(19-15)22-2)20-8-6-4-5-7-9-20/h13H,3-12H2,1-2H3/t13-/m1/s1. The summed E-state index contributed by atoms with van der Waals surface area (Å²) in [5.41, 5.74) is 0. The van der Waals surface area contributed by atoms with Crippen LogP contribution >= 0.6 is 0 Å². The SMILES string of the molecule is CC[C@@H]1CN(c2nc(OC)nc(N3CCCCCC3)n2)CCO1. The Labute approximate surface area is 138 Å². The zero-order chi connectivity index (χ0) is 16.1. The van der Waals surface area contributed by atoms with E-state index < -0.39 is 0 Å². The maximum Gasteiger partial charge on any atom is 0.322 e. The number of nitrogens with zero attached hydrogens (tertiary/aromatic N) is 5. The number of aromatic nitrogens is 3. The minimum atomic E-state index is 0.244. The molecule has 2 saturated heterocycles. The molecule has 3 rings (SSSR count). The molecule has 128 valence electrons. The summed E-state index contributed by atoms with van der Waals surface area (Å²) in [7, 11) is 1.61.